The van der Waals surface area contributed by atoms with Crippen LogP contribution in [-0.4, -0.2) is 36.8 Å². The van der Waals surface area contributed by atoms with Crippen LogP contribution in [0.4, 0.5) is 5.82 Å². The van der Waals surface area contributed by atoms with E-state index in [-0.39, 0.29) is 0 Å². The van der Waals surface area contributed by atoms with Gasteiger partial charge in [0, 0.05) is 54.8 Å². The third kappa shape index (κ3) is 4.04. The van der Waals surface area contributed by atoms with Crippen LogP contribution in [0.1, 0.15) is 38.7 Å². The zero-order valence-electron chi connectivity index (χ0n) is 21.6. The van der Waals surface area contributed by atoms with E-state index < -0.39 is 0 Å². The molecule has 1 fully saturated rings. The highest BCUT2D eigenvalue weighted by Crippen LogP contribution is 2.44. The third-order valence-corrected chi connectivity index (χ3v) is 7.19. The highest BCUT2D eigenvalue weighted by atomic mass is 16.5. The lowest BCUT2D eigenvalue weighted by atomic mass is 9.92. The number of anilines is 1. The fraction of sp³-hybridized carbons (Fsp3) is 0.300. The van der Waals surface area contributed by atoms with E-state index in [9.17, 15) is 0 Å². The van der Waals surface area contributed by atoms with Crippen LogP contribution < -0.4 is 10.1 Å². The maximum atomic E-state index is 5.90. The van der Waals surface area contributed by atoms with Crippen molar-refractivity contribution in [3.8, 4) is 39.7 Å². The highest BCUT2D eigenvalue weighted by Gasteiger charge is 2.27. The number of imidazole rings is 1. The second-order valence-corrected chi connectivity index (χ2v) is 9.38. The predicted octanol–water partition coefficient (Wildman–Crippen LogP) is 6.39. The second-order valence-electron chi connectivity index (χ2n) is 9.38. The Morgan fingerprint density at radius 2 is 1.84 bits per heavy atom. The first-order valence-electron chi connectivity index (χ1n) is 13.2. The molecule has 0 saturated heterocycles. The average Bonchev–Trinajstić information content (AvgIpc) is 3.65. The molecular formula is C30H32N6O. The van der Waals surface area contributed by atoms with Gasteiger partial charge in [0.2, 0.25) is 5.82 Å². The molecule has 2 aromatic carbocycles. The molecule has 1 N–H and O–H groups in total. The van der Waals surface area contributed by atoms with Gasteiger partial charge in [-0.05, 0) is 36.5 Å². The number of nitrogens with one attached hydrogen (secondary N) is 1. The molecule has 0 atom stereocenters. The van der Waals surface area contributed by atoms with E-state index in [1.807, 2.05) is 36.2 Å². The number of hydrogen-bond donors (Lipinski definition) is 1. The van der Waals surface area contributed by atoms with E-state index in [4.69, 9.17) is 14.8 Å². The molecule has 7 nitrogen and oxygen atoms in total. The lowest BCUT2D eigenvalue weighted by Crippen LogP contribution is -2.28. The molecule has 0 amide bonds. The Morgan fingerprint density at radius 3 is 2.57 bits per heavy atom. The topological polar surface area (TPSA) is 69.3 Å². The molecule has 37 heavy (non-hydrogen) atoms. The standard InChI is InChI=1S/C28H26N6O.C2H6/c1-33-15-14-29-28(33)27-31-26(30-19-9-5-10-19)25-24(18-7-3-2-4-8-18)22(17-34(25)32-27)20-11-6-12-23-21(20)13-16-35-23;1-2/h2-4,6-8,11-12,14-15,17,19H,5,9-10,13,16H2,1H3,(H,30,31,32);1-2H3. The van der Waals surface area contributed by atoms with Crippen LogP contribution in [0.5, 0.6) is 5.75 Å². The Bertz CT molecular complexity index is 1550. The summed E-state index contributed by atoms with van der Waals surface area (Å²) in [6.45, 7) is 4.72. The first-order valence-corrected chi connectivity index (χ1v) is 13.2. The minimum Gasteiger partial charge on any atom is -0.493 e. The molecule has 0 unspecified atom stereocenters. The smallest absolute Gasteiger partial charge is 0.218 e. The maximum Gasteiger partial charge on any atom is 0.218 e. The summed E-state index contributed by atoms with van der Waals surface area (Å²) in [5, 5.41) is 8.70. The monoisotopic (exact) mass is 492 g/mol. The molecule has 1 saturated carbocycles. The van der Waals surface area contributed by atoms with Crippen molar-refractivity contribution in [1.82, 2.24) is 24.1 Å². The molecule has 5 aromatic rings. The number of aromatic nitrogens is 5. The van der Waals surface area contributed by atoms with Crippen LogP contribution in [0, 0.1) is 0 Å². The van der Waals surface area contributed by atoms with Gasteiger partial charge in [-0.1, -0.05) is 56.3 Å². The minimum atomic E-state index is 0.430. The van der Waals surface area contributed by atoms with Crippen LogP contribution in [0.3, 0.4) is 0 Å². The van der Waals surface area contributed by atoms with Crippen molar-refractivity contribution in [1.29, 1.82) is 0 Å². The largest absolute Gasteiger partial charge is 0.493 e. The molecule has 188 valence electrons. The lowest BCUT2D eigenvalue weighted by Gasteiger charge is -2.27. The predicted molar refractivity (Wildman–Crippen MR) is 148 cm³/mol. The summed E-state index contributed by atoms with van der Waals surface area (Å²) in [5.74, 6) is 3.18. The van der Waals surface area contributed by atoms with Gasteiger partial charge < -0.3 is 14.6 Å². The average molecular weight is 493 g/mol. The minimum absolute atomic E-state index is 0.430. The van der Waals surface area contributed by atoms with Crippen molar-refractivity contribution in [3.63, 3.8) is 0 Å². The van der Waals surface area contributed by atoms with Gasteiger partial charge in [-0.2, -0.15) is 0 Å². The van der Waals surface area contributed by atoms with Gasteiger partial charge in [0.05, 0.1) is 6.61 Å². The summed E-state index contributed by atoms with van der Waals surface area (Å²) in [5.41, 5.74) is 6.86. The summed E-state index contributed by atoms with van der Waals surface area (Å²) < 4.78 is 9.85. The molecule has 7 rings (SSSR count). The van der Waals surface area contributed by atoms with Gasteiger partial charge in [-0.3, -0.25) is 0 Å². The van der Waals surface area contributed by atoms with Crippen LogP contribution in [0.25, 0.3) is 39.4 Å². The van der Waals surface area contributed by atoms with E-state index in [2.05, 4.69) is 65.0 Å². The van der Waals surface area contributed by atoms with Crippen molar-refractivity contribution in [2.45, 2.75) is 45.6 Å². The van der Waals surface area contributed by atoms with E-state index >= 15 is 0 Å². The molecule has 4 heterocycles. The number of ether oxygens (including phenoxy) is 1. The quantitative estimate of drug-likeness (QED) is 0.308. The third-order valence-electron chi connectivity index (χ3n) is 7.19. The zero-order chi connectivity index (χ0) is 25.4. The summed E-state index contributed by atoms with van der Waals surface area (Å²) in [6, 6.07) is 17.3. The Balaban J connectivity index is 0.00000123. The first kappa shape index (κ1) is 23.3. The molecule has 3 aromatic heterocycles. The number of aryl methyl sites for hydroxylation is 1. The lowest BCUT2D eigenvalue weighted by molar-refractivity contribution is 0.357. The fourth-order valence-corrected chi connectivity index (χ4v) is 5.18. The molecule has 7 heteroatoms. The molecule has 0 bridgehead atoms. The van der Waals surface area contributed by atoms with E-state index in [1.165, 1.54) is 17.5 Å². The summed E-state index contributed by atoms with van der Waals surface area (Å²) in [7, 11) is 1.97. The molecular weight excluding hydrogens is 460 g/mol. The molecule has 0 spiro atoms. The molecule has 1 aliphatic heterocycles. The van der Waals surface area contributed by atoms with Crippen molar-refractivity contribution < 1.29 is 4.74 Å². The van der Waals surface area contributed by atoms with Gasteiger partial charge in [0.25, 0.3) is 0 Å². The van der Waals surface area contributed by atoms with E-state index in [0.717, 1.165) is 65.5 Å². The number of benzene rings is 2. The van der Waals surface area contributed by atoms with Gasteiger partial charge in [0.1, 0.15) is 11.3 Å². The Labute approximate surface area is 217 Å². The maximum absolute atomic E-state index is 5.90. The molecule has 2 aliphatic rings. The second kappa shape index (κ2) is 9.73. The number of nitrogens with zero attached hydrogens (tertiary/aromatic N) is 5. The zero-order valence-corrected chi connectivity index (χ0v) is 21.6. The van der Waals surface area contributed by atoms with Gasteiger partial charge >= 0.3 is 0 Å². The van der Waals surface area contributed by atoms with Crippen molar-refractivity contribution in [3.05, 3.63) is 72.7 Å². The number of hydrogen-bond acceptors (Lipinski definition) is 5. The van der Waals surface area contributed by atoms with Gasteiger partial charge in [-0.15, -0.1) is 5.10 Å². The van der Waals surface area contributed by atoms with Gasteiger partial charge in [0.15, 0.2) is 11.6 Å². The first-order chi connectivity index (χ1) is 18.3. The summed E-state index contributed by atoms with van der Waals surface area (Å²) in [4.78, 5) is 9.56. The van der Waals surface area contributed by atoms with Gasteiger partial charge in [-0.25, -0.2) is 14.5 Å². The summed E-state index contributed by atoms with van der Waals surface area (Å²) >= 11 is 0. The summed E-state index contributed by atoms with van der Waals surface area (Å²) in [6.07, 6.45) is 10.3. The van der Waals surface area contributed by atoms with E-state index in [1.54, 1.807) is 6.20 Å². The van der Waals surface area contributed by atoms with Crippen LogP contribution in [0.15, 0.2) is 67.1 Å². The number of rotatable bonds is 5. The fourth-order valence-electron chi connectivity index (χ4n) is 5.18. The number of fused-ring (bicyclic) bond motifs is 2. The Kier molecular flexibility index (Phi) is 6.12. The van der Waals surface area contributed by atoms with Crippen molar-refractivity contribution >= 4 is 11.3 Å². The van der Waals surface area contributed by atoms with Crippen LogP contribution in [0.2, 0.25) is 0 Å². The van der Waals surface area contributed by atoms with Crippen molar-refractivity contribution in [2.24, 2.45) is 7.05 Å². The molecule has 0 radical (unpaired) electrons. The Morgan fingerprint density at radius 1 is 1.00 bits per heavy atom. The van der Waals surface area contributed by atoms with Crippen molar-refractivity contribution in [2.75, 3.05) is 11.9 Å². The van der Waals surface area contributed by atoms with Crippen LogP contribution >= 0.6 is 0 Å². The highest BCUT2D eigenvalue weighted by molar-refractivity contribution is 6.00. The van der Waals surface area contributed by atoms with Crippen LogP contribution in [-0.2, 0) is 13.5 Å². The molecule has 1 aliphatic carbocycles. The normalized spacial score (nSPS) is 14.5. The Hall–Kier alpha value is -4.13. The van der Waals surface area contributed by atoms with E-state index in [0.29, 0.717) is 11.9 Å². The SMILES string of the molecule is CC.Cn1ccnc1-c1nc(NC2CCC2)c2c(-c3ccccc3)c(-c3cccc4c3CCO4)cn2n1.